The number of halogens is 2. The zero-order valence-electron chi connectivity index (χ0n) is 11.8. The average molecular weight is 295 g/mol. The summed E-state index contributed by atoms with van der Waals surface area (Å²) in [5, 5.41) is 3.06. The largest absolute Gasteiger partial charge is 0.321 e. The van der Waals surface area contributed by atoms with Crippen molar-refractivity contribution in [3.8, 4) is 0 Å². The van der Waals surface area contributed by atoms with Crippen molar-refractivity contribution in [2.24, 2.45) is 0 Å². The lowest BCUT2D eigenvalue weighted by Gasteiger charge is -2.27. The molecular weight excluding hydrogens is 276 g/mol. The first-order chi connectivity index (χ1) is 10.1. The number of nitrogens with zero attached hydrogens (tertiary/aromatic N) is 2. The van der Waals surface area contributed by atoms with Gasteiger partial charge in [-0.15, -0.1) is 0 Å². The average Bonchev–Trinajstić information content (AvgIpc) is 3.09. The van der Waals surface area contributed by atoms with Gasteiger partial charge in [0.2, 0.25) is 5.91 Å². The third kappa shape index (κ3) is 3.06. The van der Waals surface area contributed by atoms with Crippen LogP contribution in [0, 0.1) is 11.6 Å². The van der Waals surface area contributed by atoms with Crippen molar-refractivity contribution in [1.82, 2.24) is 15.1 Å². The topological polar surface area (TPSA) is 35.6 Å². The predicted molar refractivity (Wildman–Crippen MR) is 74.5 cm³/mol. The van der Waals surface area contributed by atoms with Gasteiger partial charge in [0.1, 0.15) is 6.17 Å². The van der Waals surface area contributed by atoms with Gasteiger partial charge < -0.3 is 9.80 Å². The summed E-state index contributed by atoms with van der Waals surface area (Å²) >= 11 is 0. The van der Waals surface area contributed by atoms with E-state index in [0.29, 0.717) is 12.1 Å². The Labute approximate surface area is 122 Å². The van der Waals surface area contributed by atoms with E-state index in [2.05, 4.69) is 10.2 Å². The highest BCUT2D eigenvalue weighted by molar-refractivity contribution is 5.80. The fraction of sp³-hybridized carbons (Fsp3) is 0.533. The van der Waals surface area contributed by atoms with Gasteiger partial charge in [0.25, 0.3) is 0 Å². The molecule has 4 nitrogen and oxygen atoms in total. The van der Waals surface area contributed by atoms with E-state index in [0.717, 1.165) is 31.8 Å². The Balaban J connectivity index is 1.70. The monoisotopic (exact) mass is 295 g/mol. The van der Waals surface area contributed by atoms with Crippen LogP contribution in [0.4, 0.5) is 8.78 Å². The van der Waals surface area contributed by atoms with Gasteiger partial charge in [0, 0.05) is 13.1 Å². The molecule has 0 bridgehead atoms. The van der Waals surface area contributed by atoms with Crippen LogP contribution in [0.15, 0.2) is 18.2 Å². The zero-order chi connectivity index (χ0) is 14.8. The Hall–Kier alpha value is -1.53. The number of likely N-dealkylation sites (tertiary alicyclic amines) is 1. The molecule has 2 fully saturated rings. The van der Waals surface area contributed by atoms with Gasteiger partial charge in [-0.3, -0.25) is 10.1 Å². The summed E-state index contributed by atoms with van der Waals surface area (Å²) in [6.45, 7) is 3.82. The number of nitrogens with one attached hydrogen (secondary N) is 1. The summed E-state index contributed by atoms with van der Waals surface area (Å²) in [5.41, 5.74) is 0.584. The molecule has 1 unspecified atom stereocenters. The number of carbonyl (C=O) groups is 1. The smallest absolute Gasteiger partial charge is 0.238 e. The summed E-state index contributed by atoms with van der Waals surface area (Å²) in [4.78, 5) is 16.0. The minimum Gasteiger partial charge on any atom is -0.321 e. The second-order valence-electron chi connectivity index (χ2n) is 5.59. The van der Waals surface area contributed by atoms with Crippen molar-refractivity contribution in [3.05, 3.63) is 35.4 Å². The highest BCUT2D eigenvalue weighted by Gasteiger charge is 2.32. The highest BCUT2D eigenvalue weighted by Crippen LogP contribution is 2.24. The van der Waals surface area contributed by atoms with Crippen LogP contribution in [-0.4, -0.2) is 48.4 Å². The van der Waals surface area contributed by atoms with Crippen molar-refractivity contribution in [2.45, 2.75) is 19.0 Å². The Kier molecular flexibility index (Phi) is 4.17. The van der Waals surface area contributed by atoms with E-state index in [9.17, 15) is 13.6 Å². The Morgan fingerprint density at radius 1 is 1.14 bits per heavy atom. The molecule has 6 heteroatoms. The molecule has 2 heterocycles. The van der Waals surface area contributed by atoms with E-state index >= 15 is 0 Å². The van der Waals surface area contributed by atoms with Crippen molar-refractivity contribution in [2.75, 3.05) is 32.7 Å². The summed E-state index contributed by atoms with van der Waals surface area (Å²) in [6, 6.07) is 3.79. The number of amides is 1. The molecule has 3 rings (SSSR count). The van der Waals surface area contributed by atoms with E-state index in [1.807, 2.05) is 0 Å². The first-order valence-corrected chi connectivity index (χ1v) is 7.35. The summed E-state index contributed by atoms with van der Waals surface area (Å²) in [6.07, 6.45) is 2.05. The van der Waals surface area contributed by atoms with Crippen LogP contribution in [-0.2, 0) is 4.79 Å². The lowest BCUT2D eigenvalue weighted by molar-refractivity contribution is -0.128. The minimum atomic E-state index is -0.881. The van der Waals surface area contributed by atoms with E-state index in [-0.39, 0.29) is 18.6 Å². The quantitative estimate of drug-likeness (QED) is 0.914. The number of hydrogen-bond acceptors (Lipinski definition) is 3. The van der Waals surface area contributed by atoms with E-state index in [4.69, 9.17) is 0 Å². The Morgan fingerprint density at radius 3 is 2.62 bits per heavy atom. The standard InChI is InChI=1S/C15H19F2N3O/c16-12-4-3-11(9-13(12)17)15-18-10-14(21)20(15)8-7-19-5-1-2-6-19/h3-4,9,15,18H,1-2,5-8,10H2. The molecule has 21 heavy (non-hydrogen) atoms. The lowest BCUT2D eigenvalue weighted by atomic mass is 10.1. The molecule has 1 amide bonds. The molecule has 1 aromatic rings. The van der Waals surface area contributed by atoms with Crippen LogP contribution in [0.1, 0.15) is 24.6 Å². The number of carbonyl (C=O) groups excluding carboxylic acids is 1. The molecule has 2 saturated heterocycles. The normalized spacial score (nSPS) is 23.2. The summed E-state index contributed by atoms with van der Waals surface area (Å²) in [5.74, 6) is -1.75. The summed E-state index contributed by atoms with van der Waals surface area (Å²) < 4.78 is 26.4. The van der Waals surface area contributed by atoms with Crippen LogP contribution in [0.3, 0.4) is 0 Å². The zero-order valence-corrected chi connectivity index (χ0v) is 11.8. The maximum atomic E-state index is 13.4. The van der Waals surface area contributed by atoms with Gasteiger partial charge in [-0.25, -0.2) is 8.78 Å². The molecule has 0 aliphatic carbocycles. The second kappa shape index (κ2) is 6.07. The number of hydrogen-bond donors (Lipinski definition) is 1. The molecular formula is C15H19F2N3O. The molecule has 0 spiro atoms. The van der Waals surface area contributed by atoms with Crippen molar-refractivity contribution in [3.63, 3.8) is 0 Å². The van der Waals surface area contributed by atoms with Crippen LogP contribution < -0.4 is 5.32 Å². The highest BCUT2D eigenvalue weighted by atomic mass is 19.2. The molecule has 2 aliphatic heterocycles. The lowest BCUT2D eigenvalue weighted by Crippen LogP contribution is -2.37. The molecule has 0 saturated carbocycles. The number of benzene rings is 1. The molecule has 0 radical (unpaired) electrons. The van der Waals surface area contributed by atoms with E-state index in [1.165, 1.54) is 18.9 Å². The van der Waals surface area contributed by atoms with Gasteiger partial charge >= 0.3 is 0 Å². The fourth-order valence-corrected chi connectivity index (χ4v) is 3.03. The van der Waals surface area contributed by atoms with E-state index < -0.39 is 11.6 Å². The molecule has 0 aromatic heterocycles. The molecule has 2 aliphatic rings. The van der Waals surface area contributed by atoms with Gasteiger partial charge in [-0.2, -0.15) is 0 Å². The first-order valence-electron chi connectivity index (χ1n) is 7.35. The third-order valence-electron chi connectivity index (χ3n) is 4.19. The Morgan fingerprint density at radius 2 is 1.90 bits per heavy atom. The SMILES string of the molecule is O=C1CNC(c2ccc(F)c(F)c2)N1CCN1CCCC1. The maximum absolute atomic E-state index is 13.4. The van der Waals surface area contributed by atoms with Crippen LogP contribution in [0.5, 0.6) is 0 Å². The Bertz CT molecular complexity index is 532. The van der Waals surface area contributed by atoms with Gasteiger partial charge in [0.05, 0.1) is 6.54 Å². The van der Waals surface area contributed by atoms with Crippen LogP contribution in [0.25, 0.3) is 0 Å². The van der Waals surface area contributed by atoms with Gasteiger partial charge in [-0.1, -0.05) is 6.07 Å². The predicted octanol–water partition coefficient (Wildman–Crippen LogP) is 1.49. The maximum Gasteiger partial charge on any atom is 0.238 e. The molecule has 1 N–H and O–H groups in total. The van der Waals surface area contributed by atoms with Gasteiger partial charge in [-0.05, 0) is 43.6 Å². The van der Waals surface area contributed by atoms with Gasteiger partial charge in [0.15, 0.2) is 11.6 Å². The van der Waals surface area contributed by atoms with Crippen molar-refractivity contribution < 1.29 is 13.6 Å². The van der Waals surface area contributed by atoms with Crippen LogP contribution in [0.2, 0.25) is 0 Å². The summed E-state index contributed by atoms with van der Waals surface area (Å²) in [7, 11) is 0. The van der Waals surface area contributed by atoms with Crippen molar-refractivity contribution >= 4 is 5.91 Å². The van der Waals surface area contributed by atoms with Crippen molar-refractivity contribution in [1.29, 1.82) is 0 Å². The molecule has 1 aromatic carbocycles. The van der Waals surface area contributed by atoms with E-state index in [1.54, 1.807) is 4.90 Å². The minimum absolute atomic E-state index is 0.00364. The molecule has 1 atom stereocenters. The molecule has 114 valence electrons. The second-order valence-corrected chi connectivity index (χ2v) is 5.59. The third-order valence-corrected chi connectivity index (χ3v) is 4.19. The number of rotatable bonds is 4. The van der Waals surface area contributed by atoms with Crippen LogP contribution >= 0.6 is 0 Å². The fourth-order valence-electron chi connectivity index (χ4n) is 3.03. The first kappa shape index (κ1) is 14.4.